The summed E-state index contributed by atoms with van der Waals surface area (Å²) in [6.45, 7) is 0.479. The molecule has 6 heteroatoms. The largest absolute Gasteiger partial charge is 0.388 e. The Labute approximate surface area is 118 Å². The standard InChI is InChI=1S/C14H22N2O4/c1-15(10-14(20)7-2-3-8-14)11(17)6-9-16-12(18)4-5-13(16)19/h20H,2-10H2,1H3. The third-order valence-electron chi connectivity index (χ3n) is 4.20. The van der Waals surface area contributed by atoms with Crippen LogP contribution >= 0.6 is 0 Å². The number of hydrogen-bond donors (Lipinski definition) is 1. The van der Waals surface area contributed by atoms with Gasteiger partial charge in [0, 0.05) is 39.4 Å². The summed E-state index contributed by atoms with van der Waals surface area (Å²) in [5.41, 5.74) is -0.760. The Kier molecular flexibility index (Phi) is 4.42. The minimum atomic E-state index is -0.760. The Bertz CT molecular complexity index is 399. The maximum absolute atomic E-state index is 12.0. The molecular formula is C14H22N2O4. The van der Waals surface area contributed by atoms with Crippen molar-refractivity contribution in [2.24, 2.45) is 0 Å². The minimum absolute atomic E-state index is 0.129. The third kappa shape index (κ3) is 3.36. The van der Waals surface area contributed by atoms with Crippen LogP contribution in [0.25, 0.3) is 0 Å². The van der Waals surface area contributed by atoms with Gasteiger partial charge >= 0.3 is 0 Å². The average Bonchev–Trinajstić information content (AvgIpc) is 2.94. The molecule has 3 amide bonds. The number of likely N-dealkylation sites (tertiary alicyclic amines) is 1. The van der Waals surface area contributed by atoms with Crippen LogP contribution in [-0.2, 0) is 14.4 Å². The van der Waals surface area contributed by atoms with E-state index in [1.54, 1.807) is 7.05 Å². The molecule has 1 aliphatic carbocycles. The van der Waals surface area contributed by atoms with Crippen molar-refractivity contribution < 1.29 is 19.5 Å². The van der Waals surface area contributed by atoms with Crippen molar-refractivity contribution in [3.8, 4) is 0 Å². The van der Waals surface area contributed by atoms with E-state index < -0.39 is 5.60 Å². The van der Waals surface area contributed by atoms with E-state index in [1.165, 1.54) is 4.90 Å². The fourth-order valence-corrected chi connectivity index (χ4v) is 2.99. The van der Waals surface area contributed by atoms with Crippen molar-refractivity contribution in [2.45, 2.75) is 50.5 Å². The monoisotopic (exact) mass is 282 g/mol. The fraction of sp³-hybridized carbons (Fsp3) is 0.786. The Balaban J connectivity index is 1.79. The first-order chi connectivity index (χ1) is 9.41. The summed E-state index contributed by atoms with van der Waals surface area (Å²) < 4.78 is 0. The second kappa shape index (κ2) is 5.91. The van der Waals surface area contributed by atoms with Crippen LogP contribution in [0.3, 0.4) is 0 Å². The zero-order chi connectivity index (χ0) is 14.8. The fourth-order valence-electron chi connectivity index (χ4n) is 2.99. The topological polar surface area (TPSA) is 77.9 Å². The molecule has 1 saturated carbocycles. The van der Waals surface area contributed by atoms with Crippen molar-refractivity contribution in [2.75, 3.05) is 20.1 Å². The number of rotatable bonds is 5. The molecular weight excluding hydrogens is 260 g/mol. The van der Waals surface area contributed by atoms with Crippen molar-refractivity contribution in [3.05, 3.63) is 0 Å². The first-order valence-corrected chi connectivity index (χ1v) is 7.21. The second-order valence-electron chi connectivity index (χ2n) is 5.87. The molecule has 0 aromatic rings. The zero-order valence-electron chi connectivity index (χ0n) is 11.9. The maximum atomic E-state index is 12.0. The number of amides is 3. The van der Waals surface area contributed by atoms with E-state index in [2.05, 4.69) is 0 Å². The van der Waals surface area contributed by atoms with Crippen LogP contribution in [0.2, 0.25) is 0 Å². The zero-order valence-corrected chi connectivity index (χ0v) is 11.9. The van der Waals surface area contributed by atoms with Crippen molar-refractivity contribution in [1.82, 2.24) is 9.80 Å². The molecule has 1 N–H and O–H groups in total. The van der Waals surface area contributed by atoms with E-state index in [1.807, 2.05) is 0 Å². The molecule has 2 fully saturated rings. The molecule has 0 spiro atoms. The van der Waals surface area contributed by atoms with E-state index in [0.717, 1.165) is 30.6 Å². The van der Waals surface area contributed by atoms with E-state index in [0.29, 0.717) is 6.54 Å². The van der Waals surface area contributed by atoms with Gasteiger partial charge in [0.2, 0.25) is 17.7 Å². The van der Waals surface area contributed by atoms with Crippen LogP contribution in [0.15, 0.2) is 0 Å². The van der Waals surface area contributed by atoms with Gasteiger partial charge in [-0.15, -0.1) is 0 Å². The van der Waals surface area contributed by atoms with E-state index in [9.17, 15) is 19.5 Å². The number of hydrogen-bond acceptors (Lipinski definition) is 4. The summed E-state index contributed by atoms with van der Waals surface area (Å²) in [6, 6.07) is 0. The second-order valence-corrected chi connectivity index (χ2v) is 5.87. The number of imide groups is 1. The molecule has 6 nitrogen and oxygen atoms in total. The minimum Gasteiger partial charge on any atom is -0.388 e. The van der Waals surface area contributed by atoms with Gasteiger partial charge in [-0.1, -0.05) is 12.8 Å². The number of carbonyl (C=O) groups excluding carboxylic acids is 3. The highest BCUT2D eigenvalue weighted by Gasteiger charge is 2.34. The van der Waals surface area contributed by atoms with Crippen molar-refractivity contribution >= 4 is 17.7 Å². The van der Waals surface area contributed by atoms with Gasteiger partial charge in [0.25, 0.3) is 0 Å². The average molecular weight is 282 g/mol. The molecule has 1 aliphatic heterocycles. The van der Waals surface area contributed by atoms with Crippen LogP contribution in [-0.4, -0.2) is 58.4 Å². The molecule has 0 aromatic carbocycles. The maximum Gasteiger partial charge on any atom is 0.229 e. The summed E-state index contributed by atoms with van der Waals surface area (Å²) in [7, 11) is 1.66. The highest BCUT2D eigenvalue weighted by atomic mass is 16.3. The number of carbonyl (C=O) groups is 3. The van der Waals surface area contributed by atoms with Gasteiger partial charge in [0.15, 0.2) is 0 Å². The molecule has 0 unspecified atom stereocenters. The van der Waals surface area contributed by atoms with E-state index >= 15 is 0 Å². The molecule has 2 rings (SSSR count). The van der Waals surface area contributed by atoms with Crippen LogP contribution in [0.5, 0.6) is 0 Å². The van der Waals surface area contributed by atoms with Crippen molar-refractivity contribution in [1.29, 1.82) is 0 Å². The summed E-state index contributed by atoms with van der Waals surface area (Å²) >= 11 is 0. The number of aliphatic hydroxyl groups is 1. The number of likely N-dealkylation sites (N-methyl/N-ethyl adjacent to an activating group) is 1. The molecule has 2 aliphatic rings. The first-order valence-electron chi connectivity index (χ1n) is 7.21. The lowest BCUT2D eigenvalue weighted by atomic mass is 10.0. The van der Waals surface area contributed by atoms with Gasteiger partial charge in [-0.05, 0) is 12.8 Å². The van der Waals surface area contributed by atoms with Crippen LogP contribution < -0.4 is 0 Å². The first kappa shape index (κ1) is 15.0. The molecule has 0 bridgehead atoms. The predicted octanol–water partition coefficient (Wildman–Crippen LogP) is 0.289. The summed E-state index contributed by atoms with van der Waals surface area (Å²) in [5, 5.41) is 10.3. The highest BCUT2D eigenvalue weighted by Crippen LogP contribution is 2.30. The molecule has 0 radical (unpaired) electrons. The number of nitrogens with zero attached hydrogens (tertiary/aromatic N) is 2. The Morgan fingerprint density at radius 1 is 1.25 bits per heavy atom. The Morgan fingerprint density at radius 2 is 1.80 bits per heavy atom. The van der Waals surface area contributed by atoms with Crippen LogP contribution in [0, 0.1) is 0 Å². The van der Waals surface area contributed by atoms with Gasteiger partial charge < -0.3 is 10.0 Å². The molecule has 112 valence electrons. The summed E-state index contributed by atoms with van der Waals surface area (Å²) in [5.74, 6) is -0.530. The lowest BCUT2D eigenvalue weighted by Gasteiger charge is -2.29. The Hall–Kier alpha value is -1.43. The lowest BCUT2D eigenvalue weighted by molar-refractivity contribution is -0.139. The summed E-state index contributed by atoms with van der Waals surface area (Å²) in [6.07, 6.45) is 4.08. The SMILES string of the molecule is CN(CC1(O)CCCC1)C(=O)CCN1C(=O)CCC1=O. The molecule has 0 aromatic heterocycles. The van der Waals surface area contributed by atoms with Crippen LogP contribution in [0.1, 0.15) is 44.9 Å². The summed E-state index contributed by atoms with van der Waals surface area (Å²) in [4.78, 5) is 37.6. The molecule has 20 heavy (non-hydrogen) atoms. The van der Waals surface area contributed by atoms with Gasteiger partial charge in [-0.2, -0.15) is 0 Å². The van der Waals surface area contributed by atoms with Crippen molar-refractivity contribution in [3.63, 3.8) is 0 Å². The quantitative estimate of drug-likeness (QED) is 0.735. The van der Waals surface area contributed by atoms with E-state index in [-0.39, 0.29) is 43.5 Å². The normalized spacial score (nSPS) is 21.6. The predicted molar refractivity (Wildman–Crippen MR) is 71.6 cm³/mol. The molecule has 1 saturated heterocycles. The molecule has 1 heterocycles. The van der Waals surface area contributed by atoms with Gasteiger partial charge in [-0.25, -0.2) is 0 Å². The van der Waals surface area contributed by atoms with Crippen LogP contribution in [0.4, 0.5) is 0 Å². The van der Waals surface area contributed by atoms with Gasteiger partial charge in [-0.3, -0.25) is 19.3 Å². The van der Waals surface area contributed by atoms with Gasteiger partial charge in [0.1, 0.15) is 0 Å². The lowest BCUT2D eigenvalue weighted by Crippen LogP contribution is -2.43. The smallest absolute Gasteiger partial charge is 0.229 e. The van der Waals surface area contributed by atoms with E-state index in [4.69, 9.17) is 0 Å². The Morgan fingerprint density at radius 3 is 2.35 bits per heavy atom. The van der Waals surface area contributed by atoms with Gasteiger partial charge in [0.05, 0.1) is 5.60 Å². The third-order valence-corrected chi connectivity index (χ3v) is 4.20. The highest BCUT2D eigenvalue weighted by molar-refractivity contribution is 6.02. The molecule has 0 atom stereocenters.